The summed E-state index contributed by atoms with van der Waals surface area (Å²) < 4.78 is 4.20. The van der Waals surface area contributed by atoms with Crippen molar-refractivity contribution in [3.8, 4) is 0 Å². The third-order valence-corrected chi connectivity index (χ3v) is 9.23. The van der Waals surface area contributed by atoms with E-state index < -0.39 is 40.4 Å². The molecule has 46 heavy (non-hydrogen) atoms. The summed E-state index contributed by atoms with van der Waals surface area (Å²) in [5.41, 5.74) is 4.71. The zero-order valence-corrected chi connectivity index (χ0v) is 30.0. The zero-order valence-electron chi connectivity index (χ0n) is 28.3. The number of carbonyl (C=O) groups is 4. The molecule has 0 aromatic heterocycles. The molecule has 0 aliphatic rings. The first-order valence-corrected chi connectivity index (χ1v) is 18.0. The van der Waals surface area contributed by atoms with E-state index in [1.54, 1.807) is 34.6 Å². The van der Waals surface area contributed by atoms with Crippen molar-refractivity contribution in [3.63, 3.8) is 0 Å². The highest BCUT2D eigenvalue weighted by molar-refractivity contribution is 8.77. The SMILES string of the molecule is CC/C=C\C/C=C\C/C=C\C/C=C\C/C=C\C/C=C\CCC(=O)N[C@@H](CSSC(C)(C)[C@H](NC(=O)OC(C)(C)C)C(=O)O)C(N)=O. The van der Waals surface area contributed by atoms with Crippen molar-refractivity contribution in [2.24, 2.45) is 5.73 Å². The van der Waals surface area contributed by atoms with Gasteiger partial charge in [-0.1, -0.05) is 101 Å². The van der Waals surface area contributed by atoms with Gasteiger partial charge in [-0.2, -0.15) is 0 Å². The van der Waals surface area contributed by atoms with Crippen LogP contribution in [0.25, 0.3) is 0 Å². The number of rotatable bonds is 23. The van der Waals surface area contributed by atoms with E-state index in [4.69, 9.17) is 10.5 Å². The van der Waals surface area contributed by atoms with Crippen LogP contribution in [0.4, 0.5) is 4.79 Å². The number of amides is 3. The molecular formula is C35H55N3O6S2. The van der Waals surface area contributed by atoms with Crippen LogP contribution in [0.2, 0.25) is 0 Å². The Bertz CT molecular complexity index is 1100. The van der Waals surface area contributed by atoms with Crippen LogP contribution in [0.15, 0.2) is 72.9 Å². The van der Waals surface area contributed by atoms with E-state index in [2.05, 4.69) is 78.3 Å². The number of primary amides is 1. The number of alkyl carbamates (subject to hydrolysis) is 1. The quantitative estimate of drug-likeness (QED) is 0.0639. The first-order valence-electron chi connectivity index (χ1n) is 15.7. The van der Waals surface area contributed by atoms with Gasteiger partial charge in [0.1, 0.15) is 17.7 Å². The van der Waals surface area contributed by atoms with Crippen LogP contribution in [-0.4, -0.2) is 57.2 Å². The van der Waals surface area contributed by atoms with E-state index in [0.29, 0.717) is 6.42 Å². The van der Waals surface area contributed by atoms with Gasteiger partial charge in [0.05, 0.1) is 4.75 Å². The molecule has 0 spiro atoms. The monoisotopic (exact) mass is 677 g/mol. The Morgan fingerprint density at radius 1 is 0.761 bits per heavy atom. The van der Waals surface area contributed by atoms with E-state index >= 15 is 0 Å². The van der Waals surface area contributed by atoms with E-state index in [1.165, 1.54) is 21.6 Å². The highest BCUT2D eigenvalue weighted by Gasteiger charge is 2.39. The molecule has 0 saturated heterocycles. The third kappa shape index (κ3) is 24.1. The van der Waals surface area contributed by atoms with Gasteiger partial charge in [-0.3, -0.25) is 9.59 Å². The van der Waals surface area contributed by atoms with E-state index in [9.17, 15) is 24.3 Å². The van der Waals surface area contributed by atoms with Crippen molar-refractivity contribution in [3.05, 3.63) is 72.9 Å². The van der Waals surface area contributed by atoms with Gasteiger partial charge in [0.15, 0.2) is 0 Å². The van der Waals surface area contributed by atoms with Crippen molar-refractivity contribution < 1.29 is 29.0 Å². The van der Waals surface area contributed by atoms with Gasteiger partial charge in [-0.05, 0) is 79.6 Å². The summed E-state index contributed by atoms with van der Waals surface area (Å²) >= 11 is 0. The summed E-state index contributed by atoms with van der Waals surface area (Å²) in [6.07, 6.45) is 30.9. The minimum Gasteiger partial charge on any atom is -0.480 e. The van der Waals surface area contributed by atoms with E-state index in [0.717, 1.165) is 38.5 Å². The van der Waals surface area contributed by atoms with E-state index in [-0.39, 0.29) is 18.1 Å². The lowest BCUT2D eigenvalue weighted by Crippen LogP contribution is -2.53. The molecule has 0 heterocycles. The van der Waals surface area contributed by atoms with Crippen molar-refractivity contribution >= 4 is 45.5 Å². The molecule has 0 radical (unpaired) electrons. The van der Waals surface area contributed by atoms with Crippen LogP contribution in [-0.2, 0) is 19.1 Å². The number of hydrogen-bond donors (Lipinski definition) is 4. The topological polar surface area (TPSA) is 148 Å². The van der Waals surface area contributed by atoms with Crippen LogP contribution in [0.3, 0.4) is 0 Å². The van der Waals surface area contributed by atoms with Gasteiger partial charge in [0, 0.05) is 12.2 Å². The zero-order chi connectivity index (χ0) is 34.8. The molecule has 3 amide bonds. The predicted octanol–water partition coefficient (Wildman–Crippen LogP) is 7.57. The number of hydrogen-bond acceptors (Lipinski definition) is 7. The van der Waals surface area contributed by atoms with Crippen LogP contribution in [0.5, 0.6) is 0 Å². The number of carboxylic acids is 1. The smallest absolute Gasteiger partial charge is 0.408 e. The van der Waals surface area contributed by atoms with Crippen LogP contribution >= 0.6 is 21.6 Å². The minimum absolute atomic E-state index is 0.133. The molecule has 0 bridgehead atoms. The van der Waals surface area contributed by atoms with Crippen LogP contribution in [0, 0.1) is 0 Å². The minimum atomic E-state index is -1.26. The Hall–Kier alpha value is -3.18. The molecule has 0 rings (SSSR count). The van der Waals surface area contributed by atoms with Gasteiger partial charge >= 0.3 is 12.1 Å². The third-order valence-electron chi connectivity index (χ3n) is 5.92. The lowest BCUT2D eigenvalue weighted by atomic mass is 10.0. The fourth-order valence-electron chi connectivity index (χ4n) is 3.58. The van der Waals surface area contributed by atoms with Crippen molar-refractivity contribution in [2.75, 3.05) is 5.75 Å². The molecule has 2 atom stereocenters. The molecule has 258 valence electrons. The lowest BCUT2D eigenvalue weighted by molar-refractivity contribution is -0.140. The maximum atomic E-state index is 12.4. The number of allylic oxidation sites excluding steroid dienone is 12. The van der Waals surface area contributed by atoms with Crippen molar-refractivity contribution in [1.82, 2.24) is 10.6 Å². The molecule has 0 saturated carbocycles. The molecule has 0 aliphatic heterocycles. The van der Waals surface area contributed by atoms with Gasteiger partial charge < -0.3 is 26.2 Å². The second-order valence-corrected chi connectivity index (χ2v) is 14.9. The summed E-state index contributed by atoms with van der Waals surface area (Å²) in [7, 11) is 2.36. The summed E-state index contributed by atoms with van der Waals surface area (Å²) in [4.78, 5) is 48.4. The van der Waals surface area contributed by atoms with Crippen LogP contribution in [0.1, 0.15) is 92.9 Å². The summed E-state index contributed by atoms with van der Waals surface area (Å²) in [6, 6.07) is -2.18. The molecule has 11 heteroatoms. The fraction of sp³-hybridized carbons (Fsp3) is 0.543. The number of nitrogens with two attached hydrogens (primary N) is 1. The fourth-order valence-corrected chi connectivity index (χ4v) is 6.40. The standard InChI is InChI=1S/C35H55N3O6S2/c1-7-8-9-10-11-12-13-14-15-16-17-18-19-20-21-22-23-24-25-26-29(39)37-28(31(36)40)27-45-46-35(5,6)30(32(41)42)38-33(43)44-34(2,3)4/h8-9,11-12,14-15,17-18,20-21,23-24,28,30H,7,10,13,16,19,22,25-27H2,1-6H3,(H2,36,40)(H,37,39)(H,38,43)(H,41,42)/b9-8-,12-11-,15-14-,18-17-,21-20-,24-23-/t28-,30+/m0/s1. The van der Waals surface area contributed by atoms with Gasteiger partial charge in [0.25, 0.3) is 0 Å². The number of aliphatic carboxylic acids is 1. The highest BCUT2D eigenvalue weighted by Crippen LogP contribution is 2.38. The van der Waals surface area contributed by atoms with E-state index in [1.807, 2.05) is 12.2 Å². The van der Waals surface area contributed by atoms with Crippen LogP contribution < -0.4 is 16.4 Å². The first-order chi connectivity index (χ1) is 21.7. The lowest BCUT2D eigenvalue weighted by Gasteiger charge is -2.31. The molecular weight excluding hydrogens is 623 g/mol. The summed E-state index contributed by atoms with van der Waals surface area (Å²) in [5.74, 6) is -2.08. The Morgan fingerprint density at radius 3 is 1.63 bits per heavy atom. The molecule has 0 unspecified atom stereocenters. The normalized spacial score (nSPS) is 14.2. The number of ether oxygens (including phenoxy) is 1. The molecule has 0 aromatic carbocycles. The molecule has 0 fully saturated rings. The Morgan fingerprint density at radius 2 is 1.22 bits per heavy atom. The molecule has 5 N–H and O–H groups in total. The average Bonchev–Trinajstić information content (AvgIpc) is 2.95. The van der Waals surface area contributed by atoms with Gasteiger partial charge in [0.2, 0.25) is 11.8 Å². The Balaban J connectivity index is 4.39. The first kappa shape index (κ1) is 42.8. The number of carboxylic acid groups (broad SMARTS) is 1. The highest BCUT2D eigenvalue weighted by atomic mass is 33.1. The maximum absolute atomic E-state index is 12.4. The predicted molar refractivity (Wildman–Crippen MR) is 193 cm³/mol. The Kier molecular flexibility index (Phi) is 23.2. The van der Waals surface area contributed by atoms with Crippen molar-refractivity contribution in [2.45, 2.75) is 115 Å². The average molecular weight is 678 g/mol. The Labute approximate surface area is 284 Å². The van der Waals surface area contributed by atoms with Gasteiger partial charge in [-0.15, -0.1) is 0 Å². The summed E-state index contributed by atoms with van der Waals surface area (Å²) in [5, 5.41) is 14.7. The second-order valence-electron chi connectivity index (χ2n) is 11.9. The van der Waals surface area contributed by atoms with Gasteiger partial charge in [-0.25, -0.2) is 9.59 Å². The number of nitrogens with one attached hydrogen (secondary N) is 2. The molecule has 0 aromatic rings. The number of carbonyl (C=O) groups excluding carboxylic acids is 3. The van der Waals surface area contributed by atoms with Crippen molar-refractivity contribution in [1.29, 1.82) is 0 Å². The molecule has 0 aliphatic carbocycles. The maximum Gasteiger partial charge on any atom is 0.408 e. The summed E-state index contributed by atoms with van der Waals surface area (Å²) in [6.45, 7) is 10.5. The largest absolute Gasteiger partial charge is 0.480 e. The second kappa shape index (κ2) is 25.0. The molecule has 9 nitrogen and oxygen atoms in total.